The zero-order valence-corrected chi connectivity index (χ0v) is 12.2. The minimum absolute atomic E-state index is 0.0366. The average Bonchev–Trinajstić information content (AvgIpc) is 3.00. The number of carbonyl (C=O) groups is 2. The monoisotopic (exact) mass is 303 g/mol. The first-order valence-electron chi connectivity index (χ1n) is 7.22. The second-order valence-corrected chi connectivity index (χ2v) is 5.20. The van der Waals surface area contributed by atoms with Crippen LogP contribution in [0, 0.1) is 0 Å². The summed E-state index contributed by atoms with van der Waals surface area (Å²) < 4.78 is 5.30. The fourth-order valence-corrected chi connectivity index (χ4v) is 2.33. The Kier molecular flexibility index (Phi) is 3.95. The topological polar surface area (TPSA) is 89.0 Å². The van der Waals surface area contributed by atoms with Crippen molar-refractivity contribution in [3.63, 3.8) is 0 Å². The SMILES string of the molecule is CCC1=NO[C@H](CNC(=O)c2ccc3c(c2)OCC(=O)N3)C1. The Balaban J connectivity index is 1.58. The number of fused-ring (bicyclic) bond motifs is 1. The van der Waals surface area contributed by atoms with Gasteiger partial charge in [0.1, 0.15) is 11.9 Å². The van der Waals surface area contributed by atoms with E-state index in [4.69, 9.17) is 9.57 Å². The number of nitrogens with one attached hydrogen (secondary N) is 2. The normalized spacial score (nSPS) is 19.4. The Labute approximate surface area is 127 Å². The first kappa shape index (κ1) is 14.4. The van der Waals surface area contributed by atoms with Gasteiger partial charge in [-0.2, -0.15) is 0 Å². The van der Waals surface area contributed by atoms with Crippen LogP contribution in [0.1, 0.15) is 30.1 Å². The summed E-state index contributed by atoms with van der Waals surface area (Å²) in [5, 5.41) is 9.46. The molecule has 2 aliphatic rings. The number of hydrogen-bond donors (Lipinski definition) is 2. The van der Waals surface area contributed by atoms with Gasteiger partial charge in [0.25, 0.3) is 11.8 Å². The predicted molar refractivity (Wildman–Crippen MR) is 80.1 cm³/mol. The third-order valence-corrected chi connectivity index (χ3v) is 3.57. The van der Waals surface area contributed by atoms with E-state index in [-0.39, 0.29) is 24.5 Å². The second-order valence-electron chi connectivity index (χ2n) is 5.20. The molecule has 1 aromatic rings. The molecule has 0 unspecified atom stereocenters. The molecule has 2 amide bonds. The number of ether oxygens (including phenoxy) is 1. The lowest BCUT2D eigenvalue weighted by atomic mass is 10.1. The average molecular weight is 303 g/mol. The molecule has 0 saturated heterocycles. The van der Waals surface area contributed by atoms with Crippen LogP contribution in [0.4, 0.5) is 5.69 Å². The minimum atomic E-state index is -0.211. The van der Waals surface area contributed by atoms with Crippen molar-refractivity contribution in [3.8, 4) is 5.75 Å². The maximum atomic E-state index is 12.2. The lowest BCUT2D eigenvalue weighted by molar-refractivity contribution is -0.118. The van der Waals surface area contributed by atoms with E-state index in [0.29, 0.717) is 23.5 Å². The lowest BCUT2D eigenvalue weighted by Crippen LogP contribution is -2.32. The zero-order chi connectivity index (χ0) is 15.5. The fourth-order valence-electron chi connectivity index (χ4n) is 2.33. The van der Waals surface area contributed by atoms with Crippen molar-refractivity contribution in [3.05, 3.63) is 23.8 Å². The molecule has 2 aliphatic heterocycles. The lowest BCUT2D eigenvalue weighted by Gasteiger charge is -2.18. The van der Waals surface area contributed by atoms with Crippen molar-refractivity contribution in [2.24, 2.45) is 5.16 Å². The number of carbonyl (C=O) groups excluding carboxylic acids is 2. The number of amides is 2. The summed E-state index contributed by atoms with van der Waals surface area (Å²) in [4.78, 5) is 28.6. The van der Waals surface area contributed by atoms with Crippen LogP contribution in [0.3, 0.4) is 0 Å². The summed E-state index contributed by atoms with van der Waals surface area (Å²) in [7, 11) is 0. The Morgan fingerprint density at radius 3 is 3.14 bits per heavy atom. The number of anilines is 1. The molecular formula is C15H17N3O4. The van der Waals surface area contributed by atoms with Crippen molar-refractivity contribution in [1.82, 2.24) is 5.32 Å². The van der Waals surface area contributed by atoms with Gasteiger partial charge in [0.15, 0.2) is 6.61 Å². The van der Waals surface area contributed by atoms with Crippen LogP contribution in [0.2, 0.25) is 0 Å². The molecule has 116 valence electrons. The summed E-state index contributed by atoms with van der Waals surface area (Å²) in [6.07, 6.45) is 1.50. The molecule has 0 radical (unpaired) electrons. The van der Waals surface area contributed by atoms with Gasteiger partial charge in [0.05, 0.1) is 17.9 Å². The van der Waals surface area contributed by atoms with E-state index >= 15 is 0 Å². The first-order chi connectivity index (χ1) is 10.7. The Morgan fingerprint density at radius 2 is 2.36 bits per heavy atom. The van der Waals surface area contributed by atoms with E-state index in [2.05, 4.69) is 15.8 Å². The van der Waals surface area contributed by atoms with Gasteiger partial charge in [0.2, 0.25) is 0 Å². The van der Waals surface area contributed by atoms with Gasteiger partial charge in [-0.05, 0) is 24.6 Å². The standard InChI is InChI=1S/C15H17N3O4/c1-2-10-6-11(22-18-10)7-16-15(20)9-3-4-12-13(5-9)21-8-14(19)17-12/h3-5,11H,2,6-8H2,1H3,(H,16,20)(H,17,19)/t11-/m0/s1. The third-order valence-electron chi connectivity index (χ3n) is 3.57. The molecule has 3 rings (SSSR count). The van der Waals surface area contributed by atoms with Gasteiger partial charge in [-0.1, -0.05) is 12.1 Å². The quantitative estimate of drug-likeness (QED) is 0.877. The van der Waals surface area contributed by atoms with E-state index in [1.165, 1.54) is 0 Å². The Bertz CT molecular complexity index is 642. The zero-order valence-electron chi connectivity index (χ0n) is 12.2. The molecule has 7 nitrogen and oxygen atoms in total. The molecule has 22 heavy (non-hydrogen) atoms. The van der Waals surface area contributed by atoms with Gasteiger partial charge in [-0.25, -0.2) is 0 Å². The molecule has 0 bridgehead atoms. The van der Waals surface area contributed by atoms with Gasteiger partial charge < -0.3 is 20.2 Å². The highest BCUT2D eigenvalue weighted by Crippen LogP contribution is 2.28. The van der Waals surface area contributed by atoms with Crippen molar-refractivity contribution in [2.45, 2.75) is 25.9 Å². The van der Waals surface area contributed by atoms with E-state index in [1.807, 2.05) is 6.92 Å². The summed E-state index contributed by atoms with van der Waals surface area (Å²) in [5.74, 6) is 0.0904. The number of oxime groups is 1. The third kappa shape index (κ3) is 3.03. The van der Waals surface area contributed by atoms with E-state index in [1.54, 1.807) is 18.2 Å². The maximum absolute atomic E-state index is 12.2. The van der Waals surface area contributed by atoms with Crippen molar-refractivity contribution in [1.29, 1.82) is 0 Å². The summed E-state index contributed by atoms with van der Waals surface area (Å²) >= 11 is 0. The number of hydrogen-bond acceptors (Lipinski definition) is 5. The van der Waals surface area contributed by atoms with Gasteiger partial charge in [-0.15, -0.1) is 0 Å². The van der Waals surface area contributed by atoms with Gasteiger partial charge in [-0.3, -0.25) is 9.59 Å². The van der Waals surface area contributed by atoms with Crippen LogP contribution in [-0.4, -0.2) is 36.8 Å². The maximum Gasteiger partial charge on any atom is 0.262 e. The highest BCUT2D eigenvalue weighted by atomic mass is 16.6. The second kappa shape index (κ2) is 6.05. The number of nitrogens with zero attached hydrogens (tertiary/aromatic N) is 1. The van der Waals surface area contributed by atoms with Gasteiger partial charge >= 0.3 is 0 Å². The van der Waals surface area contributed by atoms with Crippen LogP contribution in [0.25, 0.3) is 0 Å². The van der Waals surface area contributed by atoms with Crippen LogP contribution in [0.5, 0.6) is 5.75 Å². The molecular weight excluding hydrogens is 286 g/mol. The van der Waals surface area contributed by atoms with E-state index in [9.17, 15) is 9.59 Å². The number of rotatable bonds is 4. The van der Waals surface area contributed by atoms with Gasteiger partial charge in [0, 0.05) is 12.0 Å². The van der Waals surface area contributed by atoms with E-state index in [0.717, 1.165) is 18.6 Å². The van der Waals surface area contributed by atoms with E-state index < -0.39 is 0 Å². The molecule has 0 fully saturated rings. The fraction of sp³-hybridized carbons (Fsp3) is 0.400. The van der Waals surface area contributed by atoms with Crippen LogP contribution in [-0.2, 0) is 9.63 Å². The molecule has 2 N–H and O–H groups in total. The van der Waals surface area contributed by atoms with Crippen LogP contribution < -0.4 is 15.4 Å². The molecule has 1 atom stereocenters. The molecule has 0 aliphatic carbocycles. The van der Waals surface area contributed by atoms with Crippen molar-refractivity contribution < 1.29 is 19.2 Å². The number of benzene rings is 1. The molecule has 1 aromatic carbocycles. The highest BCUT2D eigenvalue weighted by Gasteiger charge is 2.21. The summed E-state index contributed by atoms with van der Waals surface area (Å²) in [5.41, 5.74) is 2.06. The van der Waals surface area contributed by atoms with Crippen LogP contribution in [0.15, 0.2) is 23.4 Å². The smallest absolute Gasteiger partial charge is 0.262 e. The molecule has 7 heteroatoms. The largest absolute Gasteiger partial charge is 0.482 e. The first-order valence-corrected chi connectivity index (χ1v) is 7.22. The van der Waals surface area contributed by atoms with Crippen molar-refractivity contribution in [2.75, 3.05) is 18.5 Å². The molecule has 2 heterocycles. The summed E-state index contributed by atoms with van der Waals surface area (Å²) in [6, 6.07) is 4.92. The molecule has 0 saturated carbocycles. The van der Waals surface area contributed by atoms with Crippen LogP contribution >= 0.6 is 0 Å². The minimum Gasteiger partial charge on any atom is -0.482 e. The highest BCUT2D eigenvalue weighted by molar-refractivity contribution is 5.99. The Morgan fingerprint density at radius 1 is 1.50 bits per heavy atom. The Hall–Kier alpha value is -2.57. The summed E-state index contributed by atoms with van der Waals surface area (Å²) in [6.45, 7) is 2.39. The van der Waals surface area contributed by atoms with Crippen molar-refractivity contribution >= 4 is 23.2 Å². The predicted octanol–water partition coefficient (Wildman–Crippen LogP) is 1.30. The molecule has 0 spiro atoms. The molecule has 0 aromatic heterocycles.